The first-order valence-electron chi connectivity index (χ1n) is 11.7. The van der Waals surface area contributed by atoms with Gasteiger partial charge >= 0.3 is 12.4 Å². The Bertz CT molecular complexity index is 1680. The van der Waals surface area contributed by atoms with Crippen LogP contribution in [0.4, 0.5) is 42.1 Å². The van der Waals surface area contributed by atoms with Gasteiger partial charge in [-0.3, -0.25) is 14.6 Å². The second-order valence-corrected chi connectivity index (χ2v) is 9.07. The number of nitrogens with two attached hydrogens (primary N) is 1. The van der Waals surface area contributed by atoms with E-state index in [-0.39, 0.29) is 28.9 Å². The quantitative estimate of drug-likeness (QED) is 0.264. The van der Waals surface area contributed by atoms with Crippen LogP contribution in [0, 0.1) is 5.82 Å². The van der Waals surface area contributed by atoms with E-state index in [1.165, 1.54) is 22.9 Å². The molecule has 8 nitrogen and oxygen atoms in total. The van der Waals surface area contributed by atoms with E-state index in [2.05, 4.69) is 15.4 Å². The summed E-state index contributed by atoms with van der Waals surface area (Å²) >= 11 is 0. The molecule has 0 saturated heterocycles. The Kier molecular flexibility index (Phi) is 7.59. The van der Waals surface area contributed by atoms with Crippen LogP contribution < -0.4 is 22.2 Å². The first-order valence-corrected chi connectivity index (χ1v) is 11.7. The molecule has 1 atom stereocenters. The molecule has 4 aromatic rings. The van der Waals surface area contributed by atoms with Crippen LogP contribution in [0.25, 0.3) is 22.0 Å². The number of aryl methyl sites for hydroxylation is 1. The molecule has 1 aromatic carbocycles. The first-order chi connectivity index (χ1) is 18.7. The van der Waals surface area contributed by atoms with Gasteiger partial charge in [0.05, 0.1) is 34.2 Å². The normalized spacial score (nSPS) is 13.0. The Morgan fingerprint density at radius 3 is 2.45 bits per heavy atom. The van der Waals surface area contributed by atoms with Crippen LogP contribution in [-0.2, 0) is 18.9 Å². The summed E-state index contributed by atoms with van der Waals surface area (Å²) in [5.41, 5.74) is 0.0625. The van der Waals surface area contributed by atoms with Crippen molar-refractivity contribution >= 4 is 22.1 Å². The van der Waals surface area contributed by atoms with E-state index in [0.29, 0.717) is 30.5 Å². The summed E-state index contributed by atoms with van der Waals surface area (Å²) in [5.74, 6) is -0.911. The highest BCUT2D eigenvalue weighted by Crippen LogP contribution is 2.35. The van der Waals surface area contributed by atoms with E-state index < -0.39 is 52.1 Å². The van der Waals surface area contributed by atoms with Crippen molar-refractivity contribution in [2.24, 2.45) is 0 Å². The lowest BCUT2D eigenvalue weighted by molar-refractivity contribution is -0.138. The molecule has 0 aliphatic rings. The number of nitrogens with one attached hydrogen (secondary N) is 2. The zero-order chi connectivity index (χ0) is 29.4. The van der Waals surface area contributed by atoms with Crippen LogP contribution in [0.2, 0.25) is 0 Å². The van der Waals surface area contributed by atoms with Crippen molar-refractivity contribution in [2.75, 3.05) is 11.1 Å². The maximum absolute atomic E-state index is 15.0. The maximum Gasteiger partial charge on any atom is 0.423 e. The predicted octanol–water partition coefficient (Wildman–Crippen LogP) is 5.19. The van der Waals surface area contributed by atoms with Gasteiger partial charge in [0, 0.05) is 30.5 Å². The number of aromatic nitrogens is 4. The van der Waals surface area contributed by atoms with Crippen molar-refractivity contribution in [3.8, 4) is 11.3 Å². The molecule has 0 spiro atoms. The molecule has 4 N–H and O–H groups in total. The standard InChI is InChI=1S/C25H21F7N6O2/c1-12(36-19-11-35-37-22(39)20(19)25(30,31)32)3-2-5-38-6-4-13-7-16(17(26)9-15(13)23(38)40)21-18(33)8-14(10-34-21)24(27,28)29/h4,6-12H,2-3,5,33H2,1H3,(H2,36,37,39). The van der Waals surface area contributed by atoms with Crippen LogP contribution in [-0.4, -0.2) is 25.8 Å². The monoisotopic (exact) mass is 570 g/mol. The average molecular weight is 570 g/mol. The van der Waals surface area contributed by atoms with Crippen molar-refractivity contribution in [3.05, 3.63) is 80.5 Å². The Morgan fingerprint density at radius 1 is 1.07 bits per heavy atom. The van der Waals surface area contributed by atoms with Crippen molar-refractivity contribution in [3.63, 3.8) is 0 Å². The maximum atomic E-state index is 15.0. The van der Waals surface area contributed by atoms with Gasteiger partial charge in [0.25, 0.3) is 11.1 Å². The number of halogens is 7. The van der Waals surface area contributed by atoms with Gasteiger partial charge in [0.2, 0.25) is 0 Å². The third-order valence-electron chi connectivity index (χ3n) is 6.14. The summed E-state index contributed by atoms with van der Waals surface area (Å²) in [6.45, 7) is 1.75. The van der Waals surface area contributed by atoms with Crippen LogP contribution >= 0.6 is 0 Å². The first kappa shape index (κ1) is 28.6. The third kappa shape index (κ3) is 5.92. The Balaban J connectivity index is 1.50. The number of hydrogen-bond donors (Lipinski definition) is 3. The predicted molar refractivity (Wildman–Crippen MR) is 133 cm³/mol. The fourth-order valence-corrected chi connectivity index (χ4v) is 4.22. The summed E-state index contributed by atoms with van der Waals surface area (Å²) in [5, 5.41) is 8.07. The summed E-state index contributed by atoms with van der Waals surface area (Å²) in [6, 6.07) is 3.85. The highest BCUT2D eigenvalue weighted by Gasteiger charge is 2.37. The van der Waals surface area contributed by atoms with Gasteiger partial charge in [-0.05, 0) is 49.4 Å². The molecule has 4 rings (SSSR count). The minimum Gasteiger partial charge on any atom is -0.397 e. The van der Waals surface area contributed by atoms with Crippen molar-refractivity contribution in [1.29, 1.82) is 0 Å². The second-order valence-electron chi connectivity index (χ2n) is 9.07. The number of pyridine rings is 2. The molecule has 0 aliphatic carbocycles. The number of nitrogens with zero attached hydrogens (tertiary/aromatic N) is 3. The lowest BCUT2D eigenvalue weighted by Crippen LogP contribution is -2.27. The smallest absolute Gasteiger partial charge is 0.397 e. The molecule has 0 saturated carbocycles. The zero-order valence-electron chi connectivity index (χ0n) is 20.6. The molecule has 15 heteroatoms. The molecular weight excluding hydrogens is 549 g/mol. The van der Waals surface area contributed by atoms with Gasteiger partial charge in [0.1, 0.15) is 11.4 Å². The topological polar surface area (TPSA) is 119 Å². The van der Waals surface area contributed by atoms with Crippen LogP contribution in [0.15, 0.2) is 52.4 Å². The van der Waals surface area contributed by atoms with E-state index in [4.69, 9.17) is 5.73 Å². The Morgan fingerprint density at radius 2 is 1.80 bits per heavy atom. The molecule has 3 aromatic heterocycles. The lowest BCUT2D eigenvalue weighted by atomic mass is 10.0. The highest BCUT2D eigenvalue weighted by molar-refractivity contribution is 5.88. The van der Waals surface area contributed by atoms with Crippen molar-refractivity contribution < 1.29 is 30.7 Å². The molecule has 1 unspecified atom stereocenters. The largest absolute Gasteiger partial charge is 0.423 e. The van der Waals surface area contributed by atoms with E-state index in [1.807, 2.05) is 0 Å². The molecule has 3 heterocycles. The van der Waals surface area contributed by atoms with Gasteiger partial charge in [0.15, 0.2) is 0 Å². The summed E-state index contributed by atoms with van der Waals surface area (Å²) in [4.78, 5) is 28.2. The van der Waals surface area contributed by atoms with Crippen LogP contribution in [0.1, 0.15) is 30.9 Å². The number of aromatic amines is 1. The third-order valence-corrected chi connectivity index (χ3v) is 6.14. The fraction of sp³-hybridized carbons (Fsp3) is 0.280. The molecule has 0 amide bonds. The minimum absolute atomic E-state index is 0.00445. The number of fused-ring (bicyclic) bond motifs is 1. The van der Waals surface area contributed by atoms with Gasteiger partial charge in [-0.1, -0.05) is 0 Å². The van der Waals surface area contributed by atoms with E-state index in [0.717, 1.165) is 12.3 Å². The molecule has 212 valence electrons. The van der Waals surface area contributed by atoms with E-state index >= 15 is 0 Å². The number of anilines is 2. The summed E-state index contributed by atoms with van der Waals surface area (Å²) < 4.78 is 94.7. The Hall–Kier alpha value is -4.43. The average Bonchev–Trinajstić information content (AvgIpc) is 2.84. The van der Waals surface area contributed by atoms with Crippen molar-refractivity contribution in [2.45, 2.75) is 44.7 Å². The van der Waals surface area contributed by atoms with Crippen molar-refractivity contribution in [1.82, 2.24) is 19.7 Å². The zero-order valence-corrected chi connectivity index (χ0v) is 20.6. The van der Waals surface area contributed by atoms with Crippen LogP contribution in [0.5, 0.6) is 0 Å². The minimum atomic E-state index is -4.89. The van der Waals surface area contributed by atoms with E-state index in [1.54, 1.807) is 12.0 Å². The van der Waals surface area contributed by atoms with Gasteiger partial charge < -0.3 is 15.6 Å². The number of hydrogen-bond acceptors (Lipinski definition) is 6. The molecule has 0 fully saturated rings. The number of benzene rings is 1. The number of H-pyrrole nitrogens is 1. The molecule has 0 bridgehead atoms. The molecule has 0 radical (unpaired) electrons. The second kappa shape index (κ2) is 10.6. The molecular formula is C25H21F7N6O2. The molecule has 0 aliphatic heterocycles. The highest BCUT2D eigenvalue weighted by atomic mass is 19.4. The number of nitrogen functional groups attached to an aromatic ring is 1. The fourth-order valence-electron chi connectivity index (χ4n) is 4.22. The Labute approximate surface area is 220 Å². The molecule has 40 heavy (non-hydrogen) atoms. The van der Waals surface area contributed by atoms with Gasteiger partial charge in [-0.15, -0.1) is 0 Å². The summed E-state index contributed by atoms with van der Waals surface area (Å²) in [6.07, 6.45) is -6.07. The van der Waals surface area contributed by atoms with Crippen LogP contribution in [0.3, 0.4) is 0 Å². The number of alkyl halides is 6. The van der Waals surface area contributed by atoms with E-state index in [9.17, 15) is 40.3 Å². The van der Waals surface area contributed by atoms with Gasteiger partial charge in [-0.25, -0.2) is 9.49 Å². The SMILES string of the molecule is CC(CCCn1ccc2cc(-c3ncc(C(F)(F)F)cc3N)c(F)cc2c1=O)Nc1cn[nH]c(=O)c1C(F)(F)F. The summed E-state index contributed by atoms with van der Waals surface area (Å²) in [7, 11) is 0. The number of rotatable bonds is 7. The lowest BCUT2D eigenvalue weighted by Gasteiger charge is -2.18. The van der Waals surface area contributed by atoms with Gasteiger partial charge in [-0.2, -0.15) is 31.4 Å².